The molecule has 0 aliphatic heterocycles. The number of halogens is 1. The molecular weight excluding hydrogens is 336 g/mol. The minimum Gasteiger partial charge on any atom is -0.465 e. The summed E-state index contributed by atoms with van der Waals surface area (Å²) in [5.74, 6) is -0.599. The number of anilines is 1. The van der Waals surface area contributed by atoms with E-state index in [-0.39, 0.29) is 20.6 Å². The predicted molar refractivity (Wildman–Crippen MR) is 80.5 cm³/mol. The van der Waals surface area contributed by atoms with E-state index in [0.29, 0.717) is 5.56 Å². The number of methoxy groups -OCH3 is 1. The molecule has 21 heavy (non-hydrogen) atoms. The fraction of sp³-hybridized carbons (Fsp3) is 0.167. The van der Waals surface area contributed by atoms with E-state index in [4.69, 9.17) is 11.6 Å². The highest BCUT2D eigenvalue weighted by atomic mass is 35.5. The Morgan fingerprint density at radius 3 is 2.81 bits per heavy atom. The van der Waals surface area contributed by atoms with Crippen molar-refractivity contribution in [3.05, 3.63) is 39.3 Å². The number of thiophene rings is 1. The number of hydrogen-bond donors (Lipinski definition) is 1. The molecule has 0 fully saturated rings. The number of hydrogen-bond acceptors (Lipinski definition) is 6. The first-order valence-corrected chi connectivity index (χ1v) is 8.40. The van der Waals surface area contributed by atoms with Gasteiger partial charge in [0.15, 0.2) is 0 Å². The molecule has 0 saturated carbocycles. The SMILES string of the molecule is COC(=O)c1scc(C)c1NS(=O)(=O)c1ccnc(Cl)c1. The van der Waals surface area contributed by atoms with Crippen molar-refractivity contribution in [2.45, 2.75) is 11.8 Å². The second-order valence-corrected chi connectivity index (χ2v) is 6.98. The van der Waals surface area contributed by atoms with E-state index < -0.39 is 16.0 Å². The zero-order valence-corrected chi connectivity index (χ0v) is 13.5. The van der Waals surface area contributed by atoms with Crippen LogP contribution in [-0.4, -0.2) is 26.5 Å². The average Bonchev–Trinajstić information content (AvgIpc) is 2.79. The Labute approximate surface area is 130 Å². The standard InChI is InChI=1S/C12H11ClN2O4S2/c1-7-6-20-11(12(16)19-2)10(7)15-21(17,18)8-3-4-14-9(13)5-8/h3-6,15H,1-2H3. The van der Waals surface area contributed by atoms with Gasteiger partial charge >= 0.3 is 5.97 Å². The van der Waals surface area contributed by atoms with E-state index in [1.807, 2.05) is 0 Å². The third-order valence-corrected chi connectivity index (χ3v) is 5.22. The van der Waals surface area contributed by atoms with Crippen molar-refractivity contribution in [3.63, 3.8) is 0 Å². The molecule has 0 radical (unpaired) electrons. The first kappa shape index (κ1) is 15.7. The number of pyridine rings is 1. The summed E-state index contributed by atoms with van der Waals surface area (Å²) in [6, 6.07) is 2.54. The third kappa shape index (κ3) is 3.34. The average molecular weight is 347 g/mol. The maximum atomic E-state index is 12.3. The van der Waals surface area contributed by atoms with Crippen molar-refractivity contribution in [1.29, 1.82) is 0 Å². The van der Waals surface area contributed by atoms with Crippen molar-refractivity contribution in [2.24, 2.45) is 0 Å². The topological polar surface area (TPSA) is 85.4 Å². The van der Waals surface area contributed by atoms with Crippen LogP contribution in [0.5, 0.6) is 0 Å². The molecule has 1 N–H and O–H groups in total. The Kier molecular flexibility index (Phi) is 4.50. The predicted octanol–water partition coefficient (Wildman–Crippen LogP) is 2.69. The first-order valence-electron chi connectivity index (χ1n) is 5.66. The maximum Gasteiger partial charge on any atom is 0.350 e. The van der Waals surface area contributed by atoms with Crippen LogP contribution >= 0.6 is 22.9 Å². The van der Waals surface area contributed by atoms with Crippen molar-refractivity contribution in [3.8, 4) is 0 Å². The molecule has 0 amide bonds. The van der Waals surface area contributed by atoms with Gasteiger partial charge < -0.3 is 4.74 Å². The van der Waals surface area contributed by atoms with Gasteiger partial charge in [-0.3, -0.25) is 4.72 Å². The number of aromatic nitrogens is 1. The zero-order chi connectivity index (χ0) is 15.6. The number of nitrogens with zero attached hydrogens (tertiary/aromatic N) is 1. The van der Waals surface area contributed by atoms with E-state index in [1.165, 1.54) is 25.4 Å². The van der Waals surface area contributed by atoms with Gasteiger partial charge in [-0.2, -0.15) is 0 Å². The summed E-state index contributed by atoms with van der Waals surface area (Å²) < 4.78 is 31.7. The Morgan fingerprint density at radius 1 is 1.48 bits per heavy atom. The number of carbonyl (C=O) groups is 1. The molecular formula is C12H11ClN2O4S2. The third-order valence-electron chi connectivity index (χ3n) is 2.59. The number of sulfonamides is 1. The lowest BCUT2D eigenvalue weighted by molar-refractivity contribution is 0.0607. The highest BCUT2D eigenvalue weighted by molar-refractivity contribution is 7.92. The first-order chi connectivity index (χ1) is 9.85. The van der Waals surface area contributed by atoms with E-state index in [9.17, 15) is 13.2 Å². The minimum atomic E-state index is -3.87. The van der Waals surface area contributed by atoms with Gasteiger partial charge in [0.2, 0.25) is 0 Å². The molecule has 6 nitrogen and oxygen atoms in total. The van der Waals surface area contributed by atoms with Crippen LogP contribution in [0.2, 0.25) is 5.15 Å². The second kappa shape index (κ2) is 6.00. The van der Waals surface area contributed by atoms with Crippen LogP contribution in [-0.2, 0) is 14.8 Å². The van der Waals surface area contributed by atoms with Crippen LogP contribution in [0.4, 0.5) is 5.69 Å². The second-order valence-electron chi connectivity index (χ2n) is 4.03. The van der Waals surface area contributed by atoms with Crippen molar-refractivity contribution in [1.82, 2.24) is 4.98 Å². The monoisotopic (exact) mass is 346 g/mol. The number of esters is 1. The van der Waals surface area contributed by atoms with Gasteiger partial charge in [0.25, 0.3) is 10.0 Å². The summed E-state index contributed by atoms with van der Waals surface area (Å²) >= 11 is 6.80. The van der Waals surface area contributed by atoms with E-state index in [2.05, 4.69) is 14.4 Å². The lowest BCUT2D eigenvalue weighted by atomic mass is 10.3. The van der Waals surface area contributed by atoms with Gasteiger partial charge in [0, 0.05) is 6.20 Å². The lowest BCUT2D eigenvalue weighted by Crippen LogP contribution is -2.15. The van der Waals surface area contributed by atoms with Crippen molar-refractivity contribution < 1.29 is 17.9 Å². The molecule has 0 aliphatic rings. The Hall–Kier alpha value is -1.64. The zero-order valence-electron chi connectivity index (χ0n) is 11.1. The molecule has 9 heteroatoms. The summed E-state index contributed by atoms with van der Waals surface area (Å²) in [7, 11) is -2.63. The molecule has 0 saturated heterocycles. The summed E-state index contributed by atoms with van der Waals surface area (Å²) in [5.41, 5.74) is 0.837. The molecule has 0 aliphatic carbocycles. The largest absolute Gasteiger partial charge is 0.465 e. The van der Waals surface area contributed by atoms with Crippen molar-refractivity contribution >= 4 is 44.6 Å². The van der Waals surface area contributed by atoms with Crippen LogP contribution in [0.1, 0.15) is 15.2 Å². The summed E-state index contributed by atoms with van der Waals surface area (Å²) in [5, 5.41) is 1.73. The maximum absolute atomic E-state index is 12.3. The van der Waals surface area contributed by atoms with Gasteiger partial charge in [0.05, 0.1) is 17.7 Å². The van der Waals surface area contributed by atoms with Crippen LogP contribution < -0.4 is 4.72 Å². The number of rotatable bonds is 4. The molecule has 112 valence electrons. The van der Waals surface area contributed by atoms with Crippen LogP contribution in [0.3, 0.4) is 0 Å². The number of aryl methyl sites for hydroxylation is 1. The normalized spacial score (nSPS) is 11.2. The minimum absolute atomic E-state index is 0.0380. The molecule has 0 bridgehead atoms. The van der Waals surface area contributed by atoms with Crippen LogP contribution in [0.25, 0.3) is 0 Å². The Morgan fingerprint density at radius 2 is 2.19 bits per heavy atom. The van der Waals surface area contributed by atoms with E-state index in [1.54, 1.807) is 12.3 Å². The molecule has 2 aromatic rings. The molecule has 2 rings (SSSR count). The van der Waals surface area contributed by atoms with Gasteiger partial charge in [-0.15, -0.1) is 11.3 Å². The quantitative estimate of drug-likeness (QED) is 0.679. The molecule has 0 spiro atoms. The molecule has 0 aromatic carbocycles. The van der Waals surface area contributed by atoms with E-state index in [0.717, 1.165) is 11.3 Å². The Balaban J connectivity index is 2.42. The molecule has 0 atom stereocenters. The van der Waals surface area contributed by atoms with Crippen molar-refractivity contribution in [2.75, 3.05) is 11.8 Å². The molecule has 2 aromatic heterocycles. The molecule has 0 unspecified atom stereocenters. The van der Waals surface area contributed by atoms with Gasteiger partial charge in [-0.25, -0.2) is 18.2 Å². The number of ether oxygens (including phenoxy) is 1. The number of carbonyl (C=O) groups excluding carboxylic acids is 1. The summed E-state index contributed by atoms with van der Waals surface area (Å²) in [6.45, 7) is 1.69. The summed E-state index contributed by atoms with van der Waals surface area (Å²) in [6.07, 6.45) is 1.29. The highest BCUT2D eigenvalue weighted by Crippen LogP contribution is 2.30. The van der Waals surface area contributed by atoms with Gasteiger partial charge in [-0.05, 0) is 30.0 Å². The fourth-order valence-corrected chi connectivity index (χ4v) is 3.94. The van der Waals surface area contributed by atoms with Gasteiger partial charge in [-0.1, -0.05) is 11.6 Å². The molecule has 2 heterocycles. The number of nitrogens with one attached hydrogen (secondary N) is 1. The van der Waals surface area contributed by atoms with Gasteiger partial charge in [0.1, 0.15) is 10.0 Å². The fourth-order valence-electron chi connectivity index (χ4n) is 1.56. The smallest absolute Gasteiger partial charge is 0.350 e. The van der Waals surface area contributed by atoms with Crippen LogP contribution in [0.15, 0.2) is 28.6 Å². The lowest BCUT2D eigenvalue weighted by Gasteiger charge is -2.09. The van der Waals surface area contributed by atoms with Crippen LogP contribution in [0, 0.1) is 6.92 Å². The Bertz CT molecular complexity index is 786. The van der Waals surface area contributed by atoms with E-state index >= 15 is 0 Å². The highest BCUT2D eigenvalue weighted by Gasteiger charge is 2.22. The summed E-state index contributed by atoms with van der Waals surface area (Å²) in [4.78, 5) is 15.5.